The summed E-state index contributed by atoms with van der Waals surface area (Å²) in [5.74, 6) is 2.53. The normalized spacial score (nSPS) is 20.7. The quantitative estimate of drug-likeness (QED) is 0.860. The largest absolute Gasteiger partial charge is 0.312 e. The molecule has 1 aliphatic rings. The Kier molecular flexibility index (Phi) is 5.29. The van der Waals surface area contributed by atoms with Crippen molar-refractivity contribution in [2.24, 2.45) is 0 Å². The number of hydrogen-bond donors (Lipinski definition) is 1. The highest BCUT2D eigenvalue weighted by atomic mass is 32.2. The Bertz CT molecular complexity index is 312. The molecule has 94 valence electrons. The Hall–Kier alpha value is -0.580. The molecular formula is C13H21N3S. The molecule has 1 aromatic rings. The van der Waals surface area contributed by atoms with E-state index in [1.807, 2.05) is 12.3 Å². The van der Waals surface area contributed by atoms with Gasteiger partial charge in [0.1, 0.15) is 0 Å². The minimum atomic E-state index is 0.694. The van der Waals surface area contributed by atoms with Crippen molar-refractivity contribution in [2.75, 3.05) is 31.6 Å². The number of hydrogen-bond acceptors (Lipinski definition) is 4. The summed E-state index contributed by atoms with van der Waals surface area (Å²) in [6.45, 7) is 3.24. The third kappa shape index (κ3) is 4.66. The smallest absolute Gasteiger partial charge is 0.0543 e. The van der Waals surface area contributed by atoms with Crippen LogP contribution in [0.5, 0.6) is 0 Å². The van der Waals surface area contributed by atoms with E-state index < -0.39 is 0 Å². The Labute approximate surface area is 108 Å². The van der Waals surface area contributed by atoms with Gasteiger partial charge in [-0.25, -0.2) is 0 Å². The maximum absolute atomic E-state index is 4.35. The summed E-state index contributed by atoms with van der Waals surface area (Å²) in [6.07, 6.45) is 3.10. The highest BCUT2D eigenvalue weighted by molar-refractivity contribution is 7.99. The zero-order valence-electron chi connectivity index (χ0n) is 10.4. The second-order valence-electron chi connectivity index (χ2n) is 4.57. The Morgan fingerprint density at radius 2 is 2.47 bits per heavy atom. The maximum Gasteiger partial charge on any atom is 0.0543 e. The van der Waals surface area contributed by atoms with Gasteiger partial charge in [0.05, 0.1) is 5.69 Å². The zero-order valence-corrected chi connectivity index (χ0v) is 11.2. The molecule has 1 N–H and O–H groups in total. The van der Waals surface area contributed by atoms with Crippen LogP contribution in [0.25, 0.3) is 0 Å². The van der Waals surface area contributed by atoms with Crippen LogP contribution in [0.3, 0.4) is 0 Å². The van der Waals surface area contributed by atoms with E-state index in [1.165, 1.54) is 24.5 Å². The molecule has 17 heavy (non-hydrogen) atoms. The van der Waals surface area contributed by atoms with Crippen LogP contribution < -0.4 is 5.32 Å². The van der Waals surface area contributed by atoms with Crippen molar-refractivity contribution in [3.63, 3.8) is 0 Å². The average Bonchev–Trinajstić information content (AvgIpc) is 2.39. The van der Waals surface area contributed by atoms with Gasteiger partial charge in [-0.3, -0.25) is 4.98 Å². The monoisotopic (exact) mass is 251 g/mol. The van der Waals surface area contributed by atoms with Gasteiger partial charge in [0.25, 0.3) is 0 Å². The fourth-order valence-electron chi connectivity index (χ4n) is 2.03. The van der Waals surface area contributed by atoms with Crippen LogP contribution in [0.1, 0.15) is 12.1 Å². The van der Waals surface area contributed by atoms with Crippen molar-refractivity contribution in [3.8, 4) is 0 Å². The van der Waals surface area contributed by atoms with Crippen molar-refractivity contribution in [3.05, 3.63) is 30.1 Å². The van der Waals surface area contributed by atoms with Crippen LogP contribution in [-0.4, -0.2) is 47.6 Å². The summed E-state index contributed by atoms with van der Waals surface area (Å²) in [4.78, 5) is 6.70. The minimum absolute atomic E-state index is 0.694. The van der Waals surface area contributed by atoms with E-state index in [0.29, 0.717) is 6.04 Å². The molecule has 0 spiro atoms. The predicted molar refractivity (Wildman–Crippen MR) is 74.3 cm³/mol. The first kappa shape index (κ1) is 12.9. The lowest BCUT2D eigenvalue weighted by Crippen LogP contribution is -2.39. The lowest BCUT2D eigenvalue weighted by molar-refractivity contribution is 0.301. The van der Waals surface area contributed by atoms with E-state index in [1.54, 1.807) is 0 Å². The third-order valence-electron chi connectivity index (χ3n) is 3.02. The van der Waals surface area contributed by atoms with Crippen LogP contribution >= 0.6 is 11.8 Å². The highest BCUT2D eigenvalue weighted by Crippen LogP contribution is 2.11. The molecule has 3 nitrogen and oxygen atoms in total. The van der Waals surface area contributed by atoms with Crippen LogP contribution in [0, 0.1) is 0 Å². The molecule has 0 aromatic carbocycles. The van der Waals surface area contributed by atoms with E-state index in [2.05, 4.69) is 46.1 Å². The molecule has 0 radical (unpaired) electrons. The van der Waals surface area contributed by atoms with Crippen LogP contribution in [0.15, 0.2) is 24.4 Å². The number of rotatable bonds is 5. The van der Waals surface area contributed by atoms with Gasteiger partial charge in [-0.05, 0) is 32.1 Å². The zero-order chi connectivity index (χ0) is 11.9. The summed E-state index contributed by atoms with van der Waals surface area (Å²) >= 11 is 2.07. The number of thioether (sulfide) groups is 1. The van der Waals surface area contributed by atoms with Gasteiger partial charge in [-0.1, -0.05) is 6.07 Å². The molecule has 1 unspecified atom stereocenters. The van der Waals surface area contributed by atoms with E-state index in [4.69, 9.17) is 0 Å². The molecule has 1 aliphatic heterocycles. The molecule has 0 aliphatic carbocycles. The SMILES string of the molecule is CN(CCC1CSCCN1)Cc1ccccn1. The number of aromatic nitrogens is 1. The van der Waals surface area contributed by atoms with Crippen molar-refractivity contribution in [2.45, 2.75) is 19.0 Å². The molecule has 1 saturated heterocycles. The lowest BCUT2D eigenvalue weighted by atomic mass is 10.2. The molecule has 4 heteroatoms. The summed E-state index contributed by atoms with van der Waals surface area (Å²) in [5, 5.41) is 3.58. The molecule has 1 atom stereocenters. The summed E-state index contributed by atoms with van der Waals surface area (Å²) in [6, 6.07) is 6.80. The Morgan fingerprint density at radius 3 is 3.18 bits per heavy atom. The minimum Gasteiger partial charge on any atom is -0.312 e. The van der Waals surface area contributed by atoms with Crippen molar-refractivity contribution >= 4 is 11.8 Å². The first-order valence-electron chi connectivity index (χ1n) is 6.24. The van der Waals surface area contributed by atoms with Crippen molar-refractivity contribution in [1.82, 2.24) is 15.2 Å². The fraction of sp³-hybridized carbons (Fsp3) is 0.615. The van der Waals surface area contributed by atoms with E-state index in [0.717, 1.165) is 18.8 Å². The van der Waals surface area contributed by atoms with Gasteiger partial charge >= 0.3 is 0 Å². The van der Waals surface area contributed by atoms with Crippen molar-refractivity contribution in [1.29, 1.82) is 0 Å². The van der Waals surface area contributed by atoms with Gasteiger partial charge < -0.3 is 10.2 Å². The molecule has 1 aromatic heterocycles. The molecule has 2 rings (SSSR count). The molecular weight excluding hydrogens is 230 g/mol. The van der Waals surface area contributed by atoms with Crippen molar-refractivity contribution < 1.29 is 0 Å². The standard InChI is InChI=1S/C13H21N3S/c1-16(10-12-4-2-3-6-14-12)8-5-13-11-17-9-7-15-13/h2-4,6,13,15H,5,7-11H2,1H3. The van der Waals surface area contributed by atoms with E-state index in [-0.39, 0.29) is 0 Å². The lowest BCUT2D eigenvalue weighted by Gasteiger charge is -2.25. The van der Waals surface area contributed by atoms with E-state index >= 15 is 0 Å². The average molecular weight is 251 g/mol. The molecule has 0 amide bonds. The van der Waals surface area contributed by atoms with Crippen LogP contribution in [0.2, 0.25) is 0 Å². The summed E-state index contributed by atoms with van der Waals surface area (Å²) < 4.78 is 0. The summed E-state index contributed by atoms with van der Waals surface area (Å²) in [5.41, 5.74) is 1.15. The molecule has 0 bridgehead atoms. The predicted octanol–water partition coefficient (Wildman–Crippen LogP) is 1.61. The third-order valence-corrected chi connectivity index (χ3v) is 4.15. The molecule has 1 fully saturated rings. The maximum atomic E-state index is 4.35. The van der Waals surface area contributed by atoms with Crippen LogP contribution in [-0.2, 0) is 6.54 Å². The first-order chi connectivity index (χ1) is 8.34. The topological polar surface area (TPSA) is 28.2 Å². The van der Waals surface area contributed by atoms with Gasteiger partial charge in [0.2, 0.25) is 0 Å². The Balaban J connectivity index is 1.68. The fourth-order valence-corrected chi connectivity index (χ4v) is 3.03. The second kappa shape index (κ2) is 6.99. The Morgan fingerprint density at radius 1 is 1.53 bits per heavy atom. The van der Waals surface area contributed by atoms with Crippen LogP contribution in [0.4, 0.5) is 0 Å². The number of pyridine rings is 1. The van der Waals surface area contributed by atoms with Gasteiger partial charge in [-0.15, -0.1) is 0 Å². The second-order valence-corrected chi connectivity index (χ2v) is 5.72. The van der Waals surface area contributed by atoms with Gasteiger partial charge in [0, 0.05) is 36.8 Å². The first-order valence-corrected chi connectivity index (χ1v) is 7.39. The number of nitrogens with zero attached hydrogens (tertiary/aromatic N) is 2. The van der Waals surface area contributed by atoms with E-state index in [9.17, 15) is 0 Å². The molecule has 0 saturated carbocycles. The number of nitrogens with one attached hydrogen (secondary N) is 1. The highest BCUT2D eigenvalue weighted by Gasteiger charge is 2.13. The molecule has 2 heterocycles. The van der Waals surface area contributed by atoms with Gasteiger partial charge in [-0.2, -0.15) is 11.8 Å². The van der Waals surface area contributed by atoms with Gasteiger partial charge in [0.15, 0.2) is 0 Å². The summed E-state index contributed by atoms with van der Waals surface area (Å²) in [7, 11) is 2.17.